The van der Waals surface area contributed by atoms with Crippen LogP contribution in [0.5, 0.6) is 5.75 Å². The Balaban J connectivity index is 2.94. The van der Waals surface area contributed by atoms with E-state index in [2.05, 4.69) is 0 Å². The summed E-state index contributed by atoms with van der Waals surface area (Å²) in [7, 11) is 1.52. The molecule has 0 saturated heterocycles. The van der Waals surface area contributed by atoms with Gasteiger partial charge in [-0.25, -0.2) is 4.79 Å². The lowest BCUT2D eigenvalue weighted by Gasteiger charge is -2.07. The van der Waals surface area contributed by atoms with Crippen LogP contribution in [0.15, 0.2) is 18.2 Å². The molecule has 0 aromatic heterocycles. The molecule has 7 nitrogen and oxygen atoms in total. The van der Waals surface area contributed by atoms with Crippen LogP contribution in [0.25, 0.3) is 0 Å². The summed E-state index contributed by atoms with van der Waals surface area (Å²) in [6.07, 6.45) is 0. The number of carbonyl (C=O) groups is 1. The first-order valence-corrected chi connectivity index (χ1v) is 5.67. The maximum absolute atomic E-state index is 11.6. The Morgan fingerprint density at radius 3 is 2.68 bits per heavy atom. The van der Waals surface area contributed by atoms with E-state index >= 15 is 0 Å². The Bertz CT molecular complexity index is 460. The van der Waals surface area contributed by atoms with Gasteiger partial charge in [0.25, 0.3) is 5.69 Å². The molecule has 0 unspecified atom stereocenters. The number of hydrogen-bond acceptors (Lipinski definition) is 6. The fourth-order valence-corrected chi connectivity index (χ4v) is 1.38. The first-order chi connectivity index (χ1) is 9.10. The number of esters is 1. The van der Waals surface area contributed by atoms with E-state index in [1.165, 1.54) is 25.3 Å². The summed E-state index contributed by atoms with van der Waals surface area (Å²) in [6.45, 7) is 2.42. The molecule has 1 rings (SSSR count). The van der Waals surface area contributed by atoms with Gasteiger partial charge in [-0.1, -0.05) is 0 Å². The average molecular weight is 269 g/mol. The monoisotopic (exact) mass is 269 g/mol. The van der Waals surface area contributed by atoms with Crippen LogP contribution in [0, 0.1) is 10.1 Å². The molecule has 1 aromatic rings. The molecule has 7 heteroatoms. The standard InChI is InChI=1S/C12H15NO6/c1-3-18-12(14)10-5-4-9(19-7-6-17-2)8-11(10)13(15)16/h4-5,8H,3,6-7H2,1-2H3. The minimum atomic E-state index is -0.724. The number of carbonyl (C=O) groups excluding carboxylic acids is 1. The molecule has 0 aliphatic heterocycles. The lowest BCUT2D eigenvalue weighted by atomic mass is 10.1. The molecule has 0 aliphatic carbocycles. The van der Waals surface area contributed by atoms with E-state index in [1.807, 2.05) is 0 Å². The van der Waals surface area contributed by atoms with Crippen LogP contribution in [0.4, 0.5) is 5.69 Å². The van der Waals surface area contributed by atoms with Gasteiger partial charge in [-0.2, -0.15) is 0 Å². The molecule has 1 aromatic carbocycles. The zero-order valence-electron chi connectivity index (χ0n) is 10.8. The molecule has 0 amide bonds. The number of ether oxygens (including phenoxy) is 3. The normalized spacial score (nSPS) is 10.0. The SMILES string of the molecule is CCOC(=O)c1ccc(OCCOC)cc1[N+](=O)[O-]. The topological polar surface area (TPSA) is 87.9 Å². The van der Waals surface area contributed by atoms with Gasteiger partial charge in [0.15, 0.2) is 0 Å². The molecule has 0 bridgehead atoms. The van der Waals surface area contributed by atoms with Crippen LogP contribution in [-0.4, -0.2) is 37.8 Å². The molecule has 0 fully saturated rings. The van der Waals surface area contributed by atoms with Crippen molar-refractivity contribution in [1.82, 2.24) is 0 Å². The van der Waals surface area contributed by atoms with Gasteiger partial charge in [0.05, 0.1) is 24.2 Å². The van der Waals surface area contributed by atoms with Gasteiger partial charge < -0.3 is 14.2 Å². The molecule has 104 valence electrons. The van der Waals surface area contributed by atoms with E-state index in [0.29, 0.717) is 12.4 Å². The summed E-state index contributed by atoms with van der Waals surface area (Å²) in [5.74, 6) is -0.422. The maximum atomic E-state index is 11.6. The summed E-state index contributed by atoms with van der Waals surface area (Å²) in [5, 5.41) is 10.9. The van der Waals surface area contributed by atoms with Gasteiger partial charge in [0.2, 0.25) is 0 Å². The largest absolute Gasteiger partial charge is 0.491 e. The van der Waals surface area contributed by atoms with Crippen LogP contribution in [0.1, 0.15) is 17.3 Å². The number of nitro groups is 1. The zero-order valence-corrected chi connectivity index (χ0v) is 10.8. The van der Waals surface area contributed by atoms with Crippen molar-refractivity contribution in [2.45, 2.75) is 6.92 Å². The van der Waals surface area contributed by atoms with E-state index in [9.17, 15) is 14.9 Å². The van der Waals surface area contributed by atoms with Crippen LogP contribution in [0.3, 0.4) is 0 Å². The lowest BCUT2D eigenvalue weighted by Crippen LogP contribution is -2.09. The highest BCUT2D eigenvalue weighted by molar-refractivity contribution is 5.94. The van der Waals surface area contributed by atoms with Crippen molar-refractivity contribution in [1.29, 1.82) is 0 Å². The molecule has 0 aliphatic rings. The van der Waals surface area contributed by atoms with Crippen molar-refractivity contribution in [3.05, 3.63) is 33.9 Å². The third-order valence-electron chi connectivity index (χ3n) is 2.22. The quantitative estimate of drug-likeness (QED) is 0.324. The fourth-order valence-electron chi connectivity index (χ4n) is 1.38. The van der Waals surface area contributed by atoms with Gasteiger partial charge in [0.1, 0.15) is 17.9 Å². The predicted molar refractivity (Wildman–Crippen MR) is 66.4 cm³/mol. The van der Waals surface area contributed by atoms with Crippen molar-refractivity contribution >= 4 is 11.7 Å². The second-order valence-electron chi connectivity index (χ2n) is 3.50. The highest BCUT2D eigenvalue weighted by Gasteiger charge is 2.22. The second-order valence-corrected chi connectivity index (χ2v) is 3.50. The summed E-state index contributed by atoms with van der Waals surface area (Å²) >= 11 is 0. The minimum absolute atomic E-state index is 0.0917. The van der Waals surface area contributed by atoms with Crippen LogP contribution in [0.2, 0.25) is 0 Å². The Morgan fingerprint density at radius 1 is 1.37 bits per heavy atom. The number of methoxy groups -OCH3 is 1. The highest BCUT2D eigenvalue weighted by Crippen LogP contribution is 2.25. The second kappa shape index (κ2) is 7.32. The van der Waals surface area contributed by atoms with E-state index in [0.717, 1.165) is 0 Å². The Hall–Kier alpha value is -2.15. The molecular weight excluding hydrogens is 254 g/mol. The van der Waals surface area contributed by atoms with Crippen LogP contribution >= 0.6 is 0 Å². The van der Waals surface area contributed by atoms with E-state index in [1.54, 1.807) is 6.92 Å². The Labute approximate surface area is 110 Å². The third-order valence-corrected chi connectivity index (χ3v) is 2.22. The Morgan fingerprint density at radius 2 is 2.11 bits per heavy atom. The van der Waals surface area contributed by atoms with Gasteiger partial charge >= 0.3 is 5.97 Å². The minimum Gasteiger partial charge on any atom is -0.491 e. The van der Waals surface area contributed by atoms with Crippen molar-refractivity contribution in [3.8, 4) is 5.75 Å². The smallest absolute Gasteiger partial charge is 0.345 e. The van der Waals surface area contributed by atoms with Crippen molar-refractivity contribution in [3.63, 3.8) is 0 Å². The first kappa shape index (κ1) is 14.9. The highest BCUT2D eigenvalue weighted by atomic mass is 16.6. The number of benzene rings is 1. The number of rotatable bonds is 7. The zero-order chi connectivity index (χ0) is 14.3. The van der Waals surface area contributed by atoms with E-state index in [-0.39, 0.29) is 24.5 Å². The van der Waals surface area contributed by atoms with Gasteiger partial charge in [-0.15, -0.1) is 0 Å². The molecule has 0 atom stereocenters. The molecule has 0 saturated carbocycles. The molecule has 0 N–H and O–H groups in total. The summed E-state index contributed by atoms with van der Waals surface area (Å²) in [4.78, 5) is 21.8. The summed E-state index contributed by atoms with van der Waals surface area (Å²) < 4.78 is 14.8. The average Bonchev–Trinajstić information content (AvgIpc) is 2.39. The molecular formula is C12H15NO6. The lowest BCUT2D eigenvalue weighted by molar-refractivity contribution is -0.385. The first-order valence-electron chi connectivity index (χ1n) is 5.67. The van der Waals surface area contributed by atoms with Gasteiger partial charge in [-0.3, -0.25) is 10.1 Å². The van der Waals surface area contributed by atoms with E-state index < -0.39 is 10.9 Å². The third kappa shape index (κ3) is 4.22. The van der Waals surface area contributed by atoms with E-state index in [4.69, 9.17) is 14.2 Å². The molecule has 0 radical (unpaired) electrons. The Kier molecular flexibility index (Phi) is 5.74. The van der Waals surface area contributed by atoms with Gasteiger partial charge in [-0.05, 0) is 19.1 Å². The van der Waals surface area contributed by atoms with Crippen molar-refractivity contribution < 1.29 is 23.9 Å². The number of nitrogens with zero attached hydrogens (tertiary/aromatic N) is 1. The number of hydrogen-bond donors (Lipinski definition) is 0. The van der Waals surface area contributed by atoms with Crippen molar-refractivity contribution in [2.24, 2.45) is 0 Å². The predicted octanol–water partition coefficient (Wildman–Crippen LogP) is 1.80. The molecule has 0 spiro atoms. The maximum Gasteiger partial charge on any atom is 0.345 e. The number of nitro benzene ring substituents is 1. The summed E-state index contributed by atoms with van der Waals surface area (Å²) in [5.41, 5.74) is -0.431. The van der Waals surface area contributed by atoms with Crippen LogP contribution < -0.4 is 4.74 Å². The molecule has 19 heavy (non-hydrogen) atoms. The fraction of sp³-hybridized carbons (Fsp3) is 0.417. The van der Waals surface area contributed by atoms with Crippen LogP contribution in [-0.2, 0) is 9.47 Å². The molecule has 0 heterocycles. The van der Waals surface area contributed by atoms with Gasteiger partial charge in [0, 0.05) is 7.11 Å². The van der Waals surface area contributed by atoms with Crippen molar-refractivity contribution in [2.75, 3.05) is 26.9 Å². The summed E-state index contributed by atoms with van der Waals surface area (Å²) in [6, 6.07) is 4.00.